The quantitative estimate of drug-likeness (QED) is 0.0379. The number of unbranched alkanes of at least 4 members (excludes halogenated alkanes) is 1. The zero-order valence-electron chi connectivity index (χ0n) is 42.0. The first-order valence-electron chi connectivity index (χ1n) is 25.7. The summed E-state index contributed by atoms with van der Waals surface area (Å²) < 4.78 is 0. The van der Waals surface area contributed by atoms with Crippen molar-refractivity contribution < 1.29 is 24.0 Å². The predicted octanol–water partition coefficient (Wildman–Crippen LogP) is 3.89. The van der Waals surface area contributed by atoms with E-state index in [1.807, 2.05) is 20.8 Å². The summed E-state index contributed by atoms with van der Waals surface area (Å²) in [4.78, 5) is 76.0. The number of carbonyl (C=O) groups is 5. The normalized spacial score (nSPS) is 11.7. The second kappa shape index (κ2) is 45.1. The Bertz CT molecular complexity index is 1320. The van der Waals surface area contributed by atoms with Crippen molar-refractivity contribution in [2.45, 2.75) is 136 Å². The minimum absolute atomic E-state index is 0.0434. The molecule has 0 aliphatic rings. The van der Waals surface area contributed by atoms with Crippen molar-refractivity contribution in [3.05, 3.63) is 36.5 Å². The Balaban J connectivity index is 5.62. The van der Waals surface area contributed by atoms with Gasteiger partial charge in [-0.2, -0.15) is 0 Å². The number of nitrogens with one attached hydrogen (secondary N) is 2. The average molecular weight is 932 g/mol. The van der Waals surface area contributed by atoms with Gasteiger partial charge in [-0.25, -0.2) is 0 Å². The third-order valence-electron chi connectivity index (χ3n) is 11.1. The Morgan fingerprint density at radius 1 is 0.379 bits per heavy atom. The van der Waals surface area contributed by atoms with Gasteiger partial charge < -0.3 is 48.3 Å². The summed E-state index contributed by atoms with van der Waals surface area (Å²) in [5.41, 5.74) is 22.8. The third kappa shape index (κ3) is 35.5. The van der Waals surface area contributed by atoms with Crippen molar-refractivity contribution in [2.24, 2.45) is 22.9 Å². The monoisotopic (exact) mass is 932 g/mol. The van der Waals surface area contributed by atoms with Gasteiger partial charge in [-0.05, 0) is 149 Å². The van der Waals surface area contributed by atoms with Crippen LogP contribution in [0.5, 0.6) is 0 Å². The highest BCUT2D eigenvalue weighted by molar-refractivity contribution is 5.79. The van der Waals surface area contributed by atoms with Crippen LogP contribution >= 0.6 is 0 Å². The number of nitrogens with two attached hydrogens (primary N) is 4. The molecule has 0 unspecified atom stereocenters. The maximum absolute atomic E-state index is 13.6. The molecule has 10 N–H and O–H groups in total. The largest absolute Gasteiger partial charge is 0.355 e. The van der Waals surface area contributed by atoms with Crippen LogP contribution in [-0.2, 0) is 24.0 Å². The first-order chi connectivity index (χ1) is 32.1. The summed E-state index contributed by atoms with van der Waals surface area (Å²) >= 11 is 0. The molecule has 0 bridgehead atoms. The van der Waals surface area contributed by atoms with Gasteiger partial charge in [-0.3, -0.25) is 33.8 Å². The van der Waals surface area contributed by atoms with Gasteiger partial charge in [0.05, 0.1) is 13.1 Å². The molecule has 16 heteroatoms. The number of rotatable bonds is 45. The van der Waals surface area contributed by atoms with Crippen LogP contribution in [0.25, 0.3) is 0 Å². The Labute approximate surface area is 401 Å². The van der Waals surface area contributed by atoms with Crippen LogP contribution in [0.2, 0.25) is 0 Å². The Morgan fingerprint density at radius 3 is 0.955 bits per heavy atom. The molecule has 0 radical (unpaired) electrons. The van der Waals surface area contributed by atoms with Gasteiger partial charge in [0.2, 0.25) is 29.5 Å². The van der Waals surface area contributed by atoms with Gasteiger partial charge >= 0.3 is 0 Å². The summed E-state index contributed by atoms with van der Waals surface area (Å²) in [7, 11) is 0. The Hall–Kier alpha value is -3.67. The smallest absolute Gasteiger partial charge is 0.234 e. The summed E-state index contributed by atoms with van der Waals surface area (Å²) in [6, 6.07) is 0. The maximum Gasteiger partial charge on any atom is 0.234 e. The molecule has 0 atom stereocenters. The van der Waals surface area contributed by atoms with E-state index in [2.05, 4.69) is 71.6 Å². The molecule has 0 saturated carbocycles. The zero-order chi connectivity index (χ0) is 48.9. The summed E-state index contributed by atoms with van der Waals surface area (Å²) in [6.45, 7) is 16.2. The van der Waals surface area contributed by atoms with Crippen molar-refractivity contribution in [2.75, 3.05) is 118 Å². The van der Waals surface area contributed by atoms with Gasteiger partial charge in [0.25, 0.3) is 0 Å². The predicted molar refractivity (Wildman–Crippen MR) is 272 cm³/mol. The standard InChI is InChI=1S/C50H97N11O5/c1-4-7-10-13-25-48(64)59(40-22-32-55-46(62)44-57(34-18-28-51)35-19-29-52)38-16-17-39-60(49(65)26-14-11-8-5-2)42-24-43-61(50(66)27-15-12-9-6-3)41-23-33-56-47(63)45-58(36-20-30-53)37-21-31-54/h7-12H,4-6,13-45,51-54H2,1-3H3,(H,55,62)(H,56,63)/b10-7-,11-8-,12-9-. The van der Waals surface area contributed by atoms with E-state index in [-0.39, 0.29) is 29.5 Å². The molecule has 16 nitrogen and oxygen atoms in total. The lowest BCUT2D eigenvalue weighted by atomic mass is 10.2. The molecule has 0 aromatic heterocycles. The average Bonchev–Trinajstić information content (AvgIpc) is 3.31. The minimum atomic E-state index is -0.0499. The number of nitrogens with zero attached hydrogens (tertiary/aromatic N) is 5. The molecule has 0 fully saturated rings. The van der Waals surface area contributed by atoms with Crippen LogP contribution < -0.4 is 33.6 Å². The fraction of sp³-hybridized carbons (Fsp3) is 0.780. The Kier molecular flexibility index (Phi) is 42.6. The lowest BCUT2D eigenvalue weighted by Crippen LogP contribution is -2.41. The second-order valence-corrected chi connectivity index (χ2v) is 17.0. The molecule has 0 heterocycles. The highest BCUT2D eigenvalue weighted by Crippen LogP contribution is 2.10. The number of carbonyl (C=O) groups excluding carboxylic acids is 5. The molecular formula is C50H97N11O5. The zero-order valence-corrected chi connectivity index (χ0v) is 42.0. The van der Waals surface area contributed by atoms with Gasteiger partial charge in [0.15, 0.2) is 0 Å². The van der Waals surface area contributed by atoms with Crippen LogP contribution in [0.3, 0.4) is 0 Å². The van der Waals surface area contributed by atoms with E-state index < -0.39 is 0 Å². The molecule has 0 aromatic carbocycles. The number of hydrogen-bond donors (Lipinski definition) is 6. The highest BCUT2D eigenvalue weighted by Gasteiger charge is 2.19. The molecule has 0 spiro atoms. The van der Waals surface area contributed by atoms with Crippen molar-refractivity contribution in [1.29, 1.82) is 0 Å². The van der Waals surface area contributed by atoms with Crippen LogP contribution in [-0.4, -0.2) is 172 Å². The van der Waals surface area contributed by atoms with Crippen molar-refractivity contribution in [3.8, 4) is 0 Å². The van der Waals surface area contributed by atoms with Gasteiger partial charge in [-0.1, -0.05) is 57.2 Å². The van der Waals surface area contributed by atoms with E-state index >= 15 is 0 Å². The lowest BCUT2D eigenvalue weighted by Gasteiger charge is -2.27. The van der Waals surface area contributed by atoms with E-state index in [9.17, 15) is 24.0 Å². The third-order valence-corrected chi connectivity index (χ3v) is 11.1. The van der Waals surface area contributed by atoms with Crippen LogP contribution in [0.1, 0.15) is 136 Å². The molecule has 0 saturated heterocycles. The van der Waals surface area contributed by atoms with Crippen molar-refractivity contribution >= 4 is 29.5 Å². The van der Waals surface area contributed by atoms with Crippen LogP contribution in [0.15, 0.2) is 36.5 Å². The van der Waals surface area contributed by atoms with E-state index in [1.165, 1.54) is 0 Å². The van der Waals surface area contributed by atoms with Crippen LogP contribution in [0, 0.1) is 0 Å². The van der Waals surface area contributed by atoms with Gasteiger partial charge in [0, 0.05) is 71.6 Å². The Morgan fingerprint density at radius 2 is 0.667 bits per heavy atom. The first-order valence-corrected chi connectivity index (χ1v) is 25.7. The van der Waals surface area contributed by atoms with E-state index in [0.29, 0.717) is 149 Å². The fourth-order valence-electron chi connectivity index (χ4n) is 7.40. The topological polar surface area (TPSA) is 230 Å². The SMILES string of the molecule is CC/C=C\CCC(=O)N(CCCCN(CCCN(CCCNC(=O)CN(CCCN)CCCN)C(=O)CC/C=C\CC)C(=O)CC/C=C\CC)CCCNC(=O)CN(CCCN)CCCN. The fourth-order valence-corrected chi connectivity index (χ4v) is 7.40. The summed E-state index contributed by atoms with van der Waals surface area (Å²) in [6.07, 6.45) is 25.1. The molecule has 382 valence electrons. The molecule has 5 amide bonds. The molecule has 66 heavy (non-hydrogen) atoms. The highest BCUT2D eigenvalue weighted by atomic mass is 16.2. The van der Waals surface area contributed by atoms with Crippen molar-refractivity contribution in [1.82, 2.24) is 35.1 Å². The number of hydrogen-bond acceptors (Lipinski definition) is 11. The van der Waals surface area contributed by atoms with Crippen molar-refractivity contribution in [3.63, 3.8) is 0 Å². The van der Waals surface area contributed by atoms with E-state index in [4.69, 9.17) is 22.9 Å². The van der Waals surface area contributed by atoms with Crippen LogP contribution in [0.4, 0.5) is 0 Å². The maximum atomic E-state index is 13.6. The minimum Gasteiger partial charge on any atom is -0.355 e. The van der Waals surface area contributed by atoms with E-state index in [1.54, 1.807) is 0 Å². The molecule has 0 rings (SSSR count). The van der Waals surface area contributed by atoms with Gasteiger partial charge in [-0.15, -0.1) is 0 Å². The van der Waals surface area contributed by atoms with Gasteiger partial charge in [0.1, 0.15) is 0 Å². The summed E-state index contributed by atoms with van der Waals surface area (Å²) in [5, 5.41) is 6.06. The first kappa shape index (κ1) is 62.3. The second-order valence-electron chi connectivity index (χ2n) is 17.0. The molecule has 0 aliphatic heterocycles. The molecular weight excluding hydrogens is 835 g/mol. The lowest BCUT2D eigenvalue weighted by molar-refractivity contribution is -0.133. The summed E-state index contributed by atoms with van der Waals surface area (Å²) in [5.74, 6) is 0.156. The van der Waals surface area contributed by atoms with E-state index in [0.717, 1.165) is 84.0 Å². The number of allylic oxidation sites excluding steroid dienone is 6. The number of amides is 5. The molecule has 0 aromatic rings. The molecule has 0 aliphatic carbocycles.